The molecule has 1 fully saturated rings. The zero-order valence-electron chi connectivity index (χ0n) is 10.3. The van der Waals surface area contributed by atoms with Crippen LogP contribution in [0.1, 0.15) is 23.2 Å². The van der Waals surface area contributed by atoms with E-state index in [9.17, 15) is 4.79 Å². The molecule has 2 N–H and O–H groups in total. The molecule has 0 aliphatic carbocycles. The maximum absolute atomic E-state index is 12.3. The predicted octanol–water partition coefficient (Wildman–Crippen LogP) is 1.62. The second kappa shape index (κ2) is 5.86. The summed E-state index contributed by atoms with van der Waals surface area (Å²) >= 11 is 3.20. The van der Waals surface area contributed by atoms with Crippen molar-refractivity contribution in [3.05, 3.63) is 22.6 Å². The fraction of sp³-hybridized carbons (Fsp3) is 0.583. The van der Waals surface area contributed by atoms with E-state index >= 15 is 0 Å². The van der Waals surface area contributed by atoms with Gasteiger partial charge in [0.15, 0.2) is 4.67 Å². The van der Waals surface area contributed by atoms with Crippen LogP contribution in [0.3, 0.4) is 0 Å². The highest BCUT2D eigenvalue weighted by Gasteiger charge is 2.31. The molecule has 0 aromatic carbocycles. The Balaban J connectivity index is 2.10. The van der Waals surface area contributed by atoms with Crippen molar-refractivity contribution in [2.45, 2.75) is 25.0 Å². The van der Waals surface area contributed by atoms with E-state index in [1.807, 2.05) is 4.90 Å². The molecule has 0 bridgehead atoms. The monoisotopic (exact) mass is 316 g/mol. The molecule has 1 aliphatic rings. The summed E-state index contributed by atoms with van der Waals surface area (Å²) in [6, 6.07) is 1.71. The first-order valence-electron chi connectivity index (χ1n) is 5.93. The van der Waals surface area contributed by atoms with Gasteiger partial charge in [-0.25, -0.2) is 0 Å². The molecule has 1 aliphatic heterocycles. The van der Waals surface area contributed by atoms with Crippen LogP contribution in [0.5, 0.6) is 0 Å². The zero-order valence-corrected chi connectivity index (χ0v) is 11.9. The molecular weight excluding hydrogens is 300 g/mol. The highest BCUT2D eigenvalue weighted by atomic mass is 79.9. The quantitative estimate of drug-likeness (QED) is 0.920. The lowest BCUT2D eigenvalue weighted by atomic mass is 9.98. The van der Waals surface area contributed by atoms with Gasteiger partial charge in [-0.05, 0) is 28.8 Å². The minimum Gasteiger partial charge on any atom is -0.457 e. The number of likely N-dealkylation sites (tertiary alicyclic amines) is 1. The highest BCUT2D eigenvalue weighted by molar-refractivity contribution is 9.10. The third-order valence-corrected chi connectivity index (χ3v) is 3.76. The molecule has 18 heavy (non-hydrogen) atoms. The van der Waals surface area contributed by atoms with Gasteiger partial charge in [0.2, 0.25) is 0 Å². The molecular formula is C12H17BrN2O3. The van der Waals surface area contributed by atoms with Crippen molar-refractivity contribution in [2.24, 2.45) is 5.73 Å². The van der Waals surface area contributed by atoms with Crippen LogP contribution in [0.4, 0.5) is 0 Å². The molecule has 0 saturated carbocycles. The van der Waals surface area contributed by atoms with Gasteiger partial charge in [0.05, 0.1) is 11.7 Å². The van der Waals surface area contributed by atoms with Gasteiger partial charge in [-0.3, -0.25) is 4.79 Å². The Hall–Kier alpha value is -0.850. The SMILES string of the molecule is COC1CCN(C(=O)c2coc(Br)c2)C(CN)C1. The second-order valence-corrected chi connectivity index (χ2v) is 5.19. The number of amides is 1. The van der Waals surface area contributed by atoms with Crippen LogP contribution in [0.25, 0.3) is 0 Å². The number of rotatable bonds is 3. The molecule has 2 heterocycles. The maximum Gasteiger partial charge on any atom is 0.257 e. The summed E-state index contributed by atoms with van der Waals surface area (Å²) in [6.45, 7) is 1.12. The van der Waals surface area contributed by atoms with E-state index in [4.69, 9.17) is 14.9 Å². The third-order valence-electron chi connectivity index (χ3n) is 3.35. The second-order valence-electron chi connectivity index (χ2n) is 4.41. The van der Waals surface area contributed by atoms with Gasteiger partial charge in [0, 0.05) is 32.3 Å². The lowest BCUT2D eigenvalue weighted by Gasteiger charge is -2.38. The molecule has 2 unspecified atom stereocenters. The van der Waals surface area contributed by atoms with E-state index in [-0.39, 0.29) is 18.1 Å². The Bertz CT molecular complexity index is 421. The normalized spacial score (nSPS) is 24.3. The summed E-state index contributed by atoms with van der Waals surface area (Å²) in [4.78, 5) is 14.1. The van der Waals surface area contributed by atoms with E-state index in [0.29, 0.717) is 23.3 Å². The third kappa shape index (κ3) is 2.76. The number of nitrogens with zero attached hydrogens (tertiary/aromatic N) is 1. The average Bonchev–Trinajstić information content (AvgIpc) is 2.83. The molecule has 1 aromatic rings. The van der Waals surface area contributed by atoms with Crippen molar-refractivity contribution >= 4 is 21.8 Å². The lowest BCUT2D eigenvalue weighted by Crippen LogP contribution is -2.51. The Morgan fingerprint density at radius 1 is 1.72 bits per heavy atom. The zero-order chi connectivity index (χ0) is 13.1. The van der Waals surface area contributed by atoms with Crippen LogP contribution in [0, 0.1) is 0 Å². The Morgan fingerprint density at radius 2 is 2.50 bits per heavy atom. The summed E-state index contributed by atoms with van der Waals surface area (Å²) in [5.74, 6) is -0.0329. The smallest absolute Gasteiger partial charge is 0.257 e. The Kier molecular flexibility index (Phi) is 4.42. The number of nitrogens with two attached hydrogens (primary N) is 1. The standard InChI is InChI=1S/C12H17BrN2O3/c1-17-10-2-3-15(9(5-10)6-14)12(16)8-4-11(13)18-7-8/h4,7,9-10H,2-3,5-6,14H2,1H3. The summed E-state index contributed by atoms with van der Waals surface area (Å²) in [7, 11) is 1.70. The number of furan rings is 1. The van der Waals surface area contributed by atoms with Gasteiger partial charge < -0.3 is 19.8 Å². The number of methoxy groups -OCH3 is 1. The molecule has 100 valence electrons. The van der Waals surface area contributed by atoms with Crippen LogP contribution in [0.15, 0.2) is 21.4 Å². The maximum atomic E-state index is 12.3. The van der Waals surface area contributed by atoms with Crippen molar-refractivity contribution in [3.8, 4) is 0 Å². The molecule has 1 aromatic heterocycles. The van der Waals surface area contributed by atoms with Gasteiger partial charge in [-0.15, -0.1) is 0 Å². The summed E-state index contributed by atoms with van der Waals surface area (Å²) < 4.78 is 11.0. The number of halogens is 1. The van der Waals surface area contributed by atoms with Crippen LogP contribution in [-0.4, -0.2) is 43.2 Å². The highest BCUT2D eigenvalue weighted by Crippen LogP contribution is 2.23. The minimum atomic E-state index is -0.0329. The fourth-order valence-electron chi connectivity index (χ4n) is 2.31. The summed E-state index contributed by atoms with van der Waals surface area (Å²) in [5, 5.41) is 0. The van der Waals surface area contributed by atoms with E-state index in [1.165, 1.54) is 6.26 Å². The molecule has 1 saturated heterocycles. The lowest BCUT2D eigenvalue weighted by molar-refractivity contribution is 0.0139. The molecule has 5 nitrogen and oxygen atoms in total. The van der Waals surface area contributed by atoms with Gasteiger partial charge in [-0.1, -0.05) is 0 Å². The minimum absolute atomic E-state index is 0.0323. The fourth-order valence-corrected chi connectivity index (χ4v) is 2.65. The largest absolute Gasteiger partial charge is 0.457 e. The van der Waals surface area contributed by atoms with Gasteiger partial charge >= 0.3 is 0 Å². The van der Waals surface area contributed by atoms with Crippen molar-refractivity contribution in [1.29, 1.82) is 0 Å². The first-order chi connectivity index (χ1) is 8.65. The van der Waals surface area contributed by atoms with Gasteiger partial charge in [-0.2, -0.15) is 0 Å². The predicted molar refractivity (Wildman–Crippen MR) is 70.3 cm³/mol. The molecule has 2 rings (SSSR count). The van der Waals surface area contributed by atoms with Crippen molar-refractivity contribution in [1.82, 2.24) is 4.90 Å². The molecule has 0 spiro atoms. The van der Waals surface area contributed by atoms with Crippen molar-refractivity contribution < 1.29 is 13.9 Å². The number of hydrogen-bond acceptors (Lipinski definition) is 4. The Morgan fingerprint density at radius 3 is 3.06 bits per heavy atom. The number of carbonyl (C=O) groups is 1. The van der Waals surface area contributed by atoms with Crippen LogP contribution in [0.2, 0.25) is 0 Å². The van der Waals surface area contributed by atoms with Crippen molar-refractivity contribution in [3.63, 3.8) is 0 Å². The van der Waals surface area contributed by atoms with E-state index in [0.717, 1.165) is 12.8 Å². The van der Waals surface area contributed by atoms with E-state index in [2.05, 4.69) is 15.9 Å². The van der Waals surface area contributed by atoms with Crippen LogP contribution >= 0.6 is 15.9 Å². The van der Waals surface area contributed by atoms with E-state index in [1.54, 1.807) is 13.2 Å². The topological polar surface area (TPSA) is 68.7 Å². The van der Waals surface area contributed by atoms with Crippen LogP contribution < -0.4 is 5.73 Å². The summed E-state index contributed by atoms with van der Waals surface area (Å²) in [6.07, 6.45) is 3.29. The summed E-state index contributed by atoms with van der Waals surface area (Å²) in [5.41, 5.74) is 6.30. The first-order valence-corrected chi connectivity index (χ1v) is 6.73. The van der Waals surface area contributed by atoms with Crippen LogP contribution in [-0.2, 0) is 4.74 Å². The van der Waals surface area contributed by atoms with Gasteiger partial charge in [0.1, 0.15) is 6.26 Å². The number of piperidine rings is 1. The molecule has 0 radical (unpaired) electrons. The Labute approximate surface area is 114 Å². The molecule has 1 amide bonds. The van der Waals surface area contributed by atoms with E-state index < -0.39 is 0 Å². The molecule has 2 atom stereocenters. The van der Waals surface area contributed by atoms with Gasteiger partial charge in [0.25, 0.3) is 5.91 Å². The number of ether oxygens (including phenoxy) is 1. The first kappa shape index (κ1) is 13.6. The number of carbonyl (C=O) groups excluding carboxylic acids is 1. The average molecular weight is 317 g/mol. The van der Waals surface area contributed by atoms with Crippen molar-refractivity contribution in [2.75, 3.05) is 20.2 Å². The molecule has 6 heteroatoms. The number of hydrogen-bond donors (Lipinski definition) is 1.